The zero-order valence-electron chi connectivity index (χ0n) is 12.3. The number of hydrogen-bond donors (Lipinski definition) is 1. The Morgan fingerprint density at radius 3 is 2.68 bits per heavy atom. The molecule has 1 N–H and O–H groups in total. The Morgan fingerprint density at radius 2 is 2.11 bits per heavy atom. The fourth-order valence-corrected chi connectivity index (χ4v) is 3.49. The summed E-state index contributed by atoms with van der Waals surface area (Å²) in [5, 5.41) is 3.76. The van der Waals surface area contributed by atoms with Crippen LogP contribution in [0.3, 0.4) is 0 Å². The van der Waals surface area contributed by atoms with Crippen molar-refractivity contribution >= 4 is 0 Å². The topological polar surface area (TPSA) is 12.0 Å². The molecule has 1 aromatic rings. The standard InChI is InChI=1S/C17H26FN/c1-4-13-9-10-17(12(13)3)19-16(5-2)14-7-6-8-15(18)11-14/h6-8,11-13,16-17,19H,4-5,9-10H2,1-3H3. The molecule has 0 radical (unpaired) electrons. The molecule has 1 aliphatic rings. The van der Waals surface area contributed by atoms with Crippen LogP contribution in [0.15, 0.2) is 24.3 Å². The lowest BCUT2D eigenvalue weighted by atomic mass is 9.92. The van der Waals surface area contributed by atoms with Gasteiger partial charge in [-0.25, -0.2) is 4.39 Å². The van der Waals surface area contributed by atoms with Crippen molar-refractivity contribution in [1.82, 2.24) is 5.32 Å². The Bertz CT molecular complexity index is 404. The first kappa shape index (κ1) is 14.5. The lowest BCUT2D eigenvalue weighted by molar-refractivity contribution is 0.318. The van der Waals surface area contributed by atoms with E-state index in [2.05, 4.69) is 26.1 Å². The predicted molar refractivity (Wildman–Crippen MR) is 78.5 cm³/mol. The van der Waals surface area contributed by atoms with Gasteiger partial charge in [-0.2, -0.15) is 0 Å². The average Bonchev–Trinajstić information content (AvgIpc) is 2.76. The minimum atomic E-state index is -0.136. The Hall–Kier alpha value is -0.890. The molecule has 0 aromatic heterocycles. The first-order chi connectivity index (χ1) is 9.15. The van der Waals surface area contributed by atoms with Crippen LogP contribution >= 0.6 is 0 Å². The van der Waals surface area contributed by atoms with E-state index in [-0.39, 0.29) is 11.9 Å². The van der Waals surface area contributed by atoms with Crippen LogP contribution in [0.5, 0.6) is 0 Å². The fraction of sp³-hybridized carbons (Fsp3) is 0.647. The molecular formula is C17H26FN. The summed E-state index contributed by atoms with van der Waals surface area (Å²) >= 11 is 0. The SMILES string of the molecule is CCC(NC1CCC(CC)C1C)c1cccc(F)c1. The van der Waals surface area contributed by atoms with Crippen LogP contribution in [0.1, 0.15) is 58.1 Å². The maximum Gasteiger partial charge on any atom is 0.123 e. The maximum atomic E-state index is 13.3. The summed E-state index contributed by atoms with van der Waals surface area (Å²) in [6, 6.07) is 7.87. The van der Waals surface area contributed by atoms with Crippen LogP contribution in [0.4, 0.5) is 4.39 Å². The largest absolute Gasteiger partial charge is 0.307 e. The molecule has 0 heterocycles. The van der Waals surface area contributed by atoms with E-state index in [1.165, 1.54) is 25.3 Å². The molecule has 0 saturated heterocycles. The molecule has 0 aliphatic heterocycles. The Kier molecular flexibility index (Phi) is 4.98. The van der Waals surface area contributed by atoms with Crippen LogP contribution in [-0.2, 0) is 0 Å². The normalized spacial score (nSPS) is 28.5. The van der Waals surface area contributed by atoms with Gasteiger partial charge in [0.15, 0.2) is 0 Å². The number of nitrogens with one attached hydrogen (secondary N) is 1. The Morgan fingerprint density at radius 1 is 1.32 bits per heavy atom. The van der Waals surface area contributed by atoms with Crippen molar-refractivity contribution in [2.45, 2.75) is 58.5 Å². The van der Waals surface area contributed by atoms with Gasteiger partial charge in [-0.15, -0.1) is 0 Å². The maximum absolute atomic E-state index is 13.3. The van der Waals surface area contributed by atoms with Crippen LogP contribution in [0, 0.1) is 17.7 Å². The molecule has 106 valence electrons. The summed E-state index contributed by atoms with van der Waals surface area (Å²) in [6.07, 6.45) is 4.86. The molecule has 19 heavy (non-hydrogen) atoms. The molecular weight excluding hydrogens is 237 g/mol. The van der Waals surface area contributed by atoms with Crippen molar-refractivity contribution in [2.75, 3.05) is 0 Å². The molecule has 2 heteroatoms. The molecule has 1 saturated carbocycles. The molecule has 1 nitrogen and oxygen atoms in total. The van der Waals surface area contributed by atoms with Gasteiger partial charge in [0.25, 0.3) is 0 Å². The number of rotatable bonds is 5. The summed E-state index contributed by atoms with van der Waals surface area (Å²) in [5.74, 6) is 1.44. The van der Waals surface area contributed by atoms with E-state index in [1.807, 2.05) is 12.1 Å². The second-order valence-corrected chi connectivity index (χ2v) is 5.89. The summed E-state index contributed by atoms with van der Waals surface area (Å²) in [5.41, 5.74) is 1.08. The van der Waals surface area contributed by atoms with E-state index < -0.39 is 0 Å². The lowest BCUT2D eigenvalue weighted by Crippen LogP contribution is -2.35. The van der Waals surface area contributed by atoms with Gasteiger partial charge >= 0.3 is 0 Å². The van der Waals surface area contributed by atoms with Crippen LogP contribution in [0.25, 0.3) is 0 Å². The predicted octanol–water partition coefficient (Wildman–Crippen LogP) is 4.69. The van der Waals surface area contributed by atoms with Crippen molar-refractivity contribution in [2.24, 2.45) is 11.8 Å². The molecule has 4 atom stereocenters. The van der Waals surface area contributed by atoms with Crippen LogP contribution in [0.2, 0.25) is 0 Å². The van der Waals surface area contributed by atoms with Gasteiger partial charge in [0.2, 0.25) is 0 Å². The molecule has 0 amide bonds. The number of benzene rings is 1. The second-order valence-electron chi connectivity index (χ2n) is 5.89. The molecule has 1 aliphatic carbocycles. The van der Waals surface area contributed by atoms with Gasteiger partial charge in [0.05, 0.1) is 0 Å². The highest BCUT2D eigenvalue weighted by atomic mass is 19.1. The van der Waals surface area contributed by atoms with Crippen molar-refractivity contribution in [3.05, 3.63) is 35.6 Å². The van der Waals surface area contributed by atoms with Gasteiger partial charge in [0, 0.05) is 12.1 Å². The van der Waals surface area contributed by atoms with Crippen LogP contribution in [-0.4, -0.2) is 6.04 Å². The van der Waals surface area contributed by atoms with E-state index in [0.29, 0.717) is 6.04 Å². The third kappa shape index (κ3) is 3.36. The first-order valence-corrected chi connectivity index (χ1v) is 7.67. The monoisotopic (exact) mass is 263 g/mol. The minimum Gasteiger partial charge on any atom is -0.307 e. The highest BCUT2D eigenvalue weighted by Gasteiger charge is 2.32. The van der Waals surface area contributed by atoms with E-state index in [9.17, 15) is 4.39 Å². The van der Waals surface area contributed by atoms with Gasteiger partial charge in [-0.3, -0.25) is 0 Å². The van der Waals surface area contributed by atoms with Gasteiger partial charge in [-0.05, 0) is 48.8 Å². The lowest BCUT2D eigenvalue weighted by Gasteiger charge is -2.27. The number of hydrogen-bond acceptors (Lipinski definition) is 1. The molecule has 4 unspecified atom stereocenters. The summed E-state index contributed by atoms with van der Waals surface area (Å²) in [4.78, 5) is 0. The molecule has 0 bridgehead atoms. The molecule has 1 fully saturated rings. The van der Waals surface area contributed by atoms with Gasteiger partial charge in [-0.1, -0.05) is 39.3 Å². The van der Waals surface area contributed by atoms with Crippen molar-refractivity contribution in [3.8, 4) is 0 Å². The zero-order valence-corrected chi connectivity index (χ0v) is 12.3. The van der Waals surface area contributed by atoms with E-state index in [4.69, 9.17) is 0 Å². The highest BCUT2D eigenvalue weighted by Crippen LogP contribution is 2.35. The van der Waals surface area contributed by atoms with E-state index in [0.717, 1.165) is 23.8 Å². The van der Waals surface area contributed by atoms with Crippen LogP contribution < -0.4 is 5.32 Å². The second kappa shape index (κ2) is 6.51. The first-order valence-electron chi connectivity index (χ1n) is 7.67. The Labute approximate surface area is 116 Å². The Balaban J connectivity index is 2.04. The van der Waals surface area contributed by atoms with Crippen molar-refractivity contribution < 1.29 is 4.39 Å². The third-order valence-electron chi connectivity index (χ3n) is 4.83. The average molecular weight is 263 g/mol. The van der Waals surface area contributed by atoms with Gasteiger partial charge in [0.1, 0.15) is 5.82 Å². The van der Waals surface area contributed by atoms with E-state index in [1.54, 1.807) is 6.07 Å². The summed E-state index contributed by atoms with van der Waals surface area (Å²) in [6.45, 7) is 6.81. The summed E-state index contributed by atoms with van der Waals surface area (Å²) < 4.78 is 13.3. The molecule has 1 aromatic carbocycles. The quantitative estimate of drug-likeness (QED) is 0.812. The summed E-state index contributed by atoms with van der Waals surface area (Å²) in [7, 11) is 0. The molecule has 2 rings (SSSR count). The fourth-order valence-electron chi connectivity index (χ4n) is 3.49. The van der Waals surface area contributed by atoms with Gasteiger partial charge < -0.3 is 5.32 Å². The smallest absolute Gasteiger partial charge is 0.123 e. The molecule has 0 spiro atoms. The van der Waals surface area contributed by atoms with Crippen molar-refractivity contribution in [1.29, 1.82) is 0 Å². The number of halogens is 1. The highest BCUT2D eigenvalue weighted by molar-refractivity contribution is 5.20. The zero-order chi connectivity index (χ0) is 13.8. The third-order valence-corrected chi connectivity index (χ3v) is 4.83. The van der Waals surface area contributed by atoms with Crippen molar-refractivity contribution in [3.63, 3.8) is 0 Å². The van der Waals surface area contributed by atoms with E-state index >= 15 is 0 Å². The minimum absolute atomic E-state index is 0.136.